The highest BCUT2D eigenvalue weighted by Crippen LogP contribution is 2.17. The maximum Gasteiger partial charge on any atom is 0.306 e. The Morgan fingerprint density at radius 1 is 1.36 bits per heavy atom. The van der Waals surface area contributed by atoms with Gasteiger partial charge in [-0.05, 0) is 11.6 Å². The monoisotopic (exact) mass is 363 g/mol. The van der Waals surface area contributed by atoms with Gasteiger partial charge in [-0.1, -0.05) is 29.8 Å². The Kier molecular flexibility index (Phi) is 5.35. The van der Waals surface area contributed by atoms with Gasteiger partial charge in [-0.25, -0.2) is 0 Å². The molecule has 1 aliphatic rings. The van der Waals surface area contributed by atoms with Gasteiger partial charge in [0, 0.05) is 24.3 Å². The Balaban J connectivity index is 1.66. The first-order valence-electron chi connectivity index (χ1n) is 7.91. The summed E-state index contributed by atoms with van der Waals surface area (Å²) in [4.78, 5) is 25.0. The fourth-order valence-electron chi connectivity index (χ4n) is 2.77. The molecule has 1 fully saturated rings. The number of hydrogen-bond acceptors (Lipinski definition) is 4. The molecule has 0 saturated carbocycles. The molecule has 1 amide bonds. The minimum absolute atomic E-state index is 0.116. The van der Waals surface area contributed by atoms with Crippen molar-refractivity contribution >= 4 is 23.5 Å². The van der Waals surface area contributed by atoms with Gasteiger partial charge in [-0.2, -0.15) is 5.10 Å². The van der Waals surface area contributed by atoms with Crippen molar-refractivity contribution in [2.24, 2.45) is 0 Å². The molecule has 1 saturated heterocycles. The molecule has 2 aromatic rings. The maximum absolute atomic E-state index is 12.6. The van der Waals surface area contributed by atoms with Crippen molar-refractivity contribution < 1.29 is 19.4 Å². The lowest BCUT2D eigenvalue weighted by molar-refractivity contribution is -0.141. The molecule has 2 heterocycles. The first-order chi connectivity index (χ1) is 12.0. The van der Waals surface area contributed by atoms with E-state index in [1.807, 2.05) is 24.3 Å². The predicted molar refractivity (Wildman–Crippen MR) is 90.7 cm³/mol. The number of ether oxygens (including phenoxy) is 1. The van der Waals surface area contributed by atoms with Crippen molar-refractivity contribution in [3.05, 3.63) is 52.8 Å². The van der Waals surface area contributed by atoms with Gasteiger partial charge >= 0.3 is 5.97 Å². The summed E-state index contributed by atoms with van der Waals surface area (Å²) in [6.07, 6.45) is 2.59. The van der Waals surface area contributed by atoms with Crippen LogP contribution in [0.5, 0.6) is 0 Å². The van der Waals surface area contributed by atoms with Crippen molar-refractivity contribution in [1.29, 1.82) is 0 Å². The molecule has 0 radical (unpaired) electrons. The summed E-state index contributed by atoms with van der Waals surface area (Å²) in [5, 5.41) is 13.7. The molecule has 25 heavy (non-hydrogen) atoms. The van der Waals surface area contributed by atoms with Crippen molar-refractivity contribution in [3.63, 3.8) is 0 Å². The molecule has 3 rings (SSSR count). The number of rotatable bonds is 5. The van der Waals surface area contributed by atoms with Crippen LogP contribution in [0.25, 0.3) is 0 Å². The summed E-state index contributed by atoms with van der Waals surface area (Å²) >= 11 is 6.14. The van der Waals surface area contributed by atoms with Crippen LogP contribution in [-0.2, 0) is 16.1 Å². The Morgan fingerprint density at radius 3 is 2.92 bits per heavy atom. The zero-order valence-corrected chi connectivity index (χ0v) is 14.2. The van der Waals surface area contributed by atoms with Crippen LogP contribution < -0.4 is 0 Å². The standard InChI is InChI=1S/C17H18ClN3O4/c18-15-4-2-1-3-12(15)9-21-10-13(8-19-21)17(24)20-5-6-25-14(11-20)7-16(22)23/h1-4,8,10,14H,5-7,9,11H2,(H,22,23)/t14-/m0/s1. The van der Waals surface area contributed by atoms with Crippen molar-refractivity contribution in [2.75, 3.05) is 19.7 Å². The van der Waals surface area contributed by atoms with Gasteiger partial charge in [-0.15, -0.1) is 0 Å². The third-order valence-electron chi connectivity index (χ3n) is 4.00. The Labute approximate surface area is 149 Å². The molecule has 0 bridgehead atoms. The summed E-state index contributed by atoms with van der Waals surface area (Å²) in [6, 6.07) is 7.47. The van der Waals surface area contributed by atoms with E-state index in [1.54, 1.807) is 15.8 Å². The van der Waals surface area contributed by atoms with E-state index < -0.39 is 12.1 Å². The van der Waals surface area contributed by atoms with Crippen LogP contribution in [-0.4, -0.2) is 57.5 Å². The molecule has 1 N–H and O–H groups in total. The third-order valence-corrected chi connectivity index (χ3v) is 4.37. The van der Waals surface area contributed by atoms with Gasteiger partial charge in [0.25, 0.3) is 5.91 Å². The minimum Gasteiger partial charge on any atom is -0.481 e. The lowest BCUT2D eigenvalue weighted by atomic mass is 10.2. The number of aliphatic carboxylic acids is 1. The van der Waals surface area contributed by atoms with E-state index in [-0.39, 0.29) is 18.9 Å². The molecule has 0 spiro atoms. The van der Waals surface area contributed by atoms with Gasteiger partial charge in [-0.3, -0.25) is 14.3 Å². The maximum atomic E-state index is 12.6. The molecule has 1 aliphatic heterocycles. The van der Waals surface area contributed by atoms with E-state index in [4.69, 9.17) is 21.4 Å². The second-order valence-corrected chi connectivity index (χ2v) is 6.27. The minimum atomic E-state index is -0.938. The van der Waals surface area contributed by atoms with E-state index >= 15 is 0 Å². The number of carboxylic acid groups (broad SMARTS) is 1. The summed E-state index contributed by atoms with van der Waals surface area (Å²) in [5.41, 5.74) is 1.38. The molecule has 1 aromatic carbocycles. The van der Waals surface area contributed by atoms with Crippen molar-refractivity contribution in [2.45, 2.75) is 19.1 Å². The van der Waals surface area contributed by atoms with Gasteiger partial charge in [0.1, 0.15) is 0 Å². The van der Waals surface area contributed by atoms with Crippen LogP contribution in [0.3, 0.4) is 0 Å². The van der Waals surface area contributed by atoms with Crippen LogP contribution in [0.1, 0.15) is 22.3 Å². The highest BCUT2D eigenvalue weighted by Gasteiger charge is 2.27. The third kappa shape index (κ3) is 4.37. The molecule has 8 heteroatoms. The molecule has 1 aromatic heterocycles. The molecular weight excluding hydrogens is 346 g/mol. The quantitative estimate of drug-likeness (QED) is 0.877. The normalized spacial score (nSPS) is 17.5. The predicted octanol–water partition coefficient (Wildman–Crippen LogP) is 1.90. The number of amides is 1. The van der Waals surface area contributed by atoms with Gasteiger partial charge in [0.05, 0.1) is 37.4 Å². The largest absolute Gasteiger partial charge is 0.481 e. The Morgan fingerprint density at radius 2 is 2.16 bits per heavy atom. The lowest BCUT2D eigenvalue weighted by Gasteiger charge is -2.32. The average Bonchev–Trinajstić information content (AvgIpc) is 3.04. The van der Waals surface area contributed by atoms with E-state index in [9.17, 15) is 9.59 Å². The number of carbonyl (C=O) groups excluding carboxylic acids is 1. The average molecular weight is 364 g/mol. The van der Waals surface area contributed by atoms with Crippen LogP contribution in [0.15, 0.2) is 36.7 Å². The van der Waals surface area contributed by atoms with E-state index in [0.717, 1.165) is 5.56 Å². The smallest absolute Gasteiger partial charge is 0.306 e. The second kappa shape index (κ2) is 7.67. The number of carboxylic acids is 1. The summed E-state index contributed by atoms with van der Waals surface area (Å²) in [6.45, 7) is 1.50. The van der Waals surface area contributed by atoms with Crippen LogP contribution >= 0.6 is 11.6 Å². The molecular formula is C17H18ClN3O4. The number of hydrogen-bond donors (Lipinski definition) is 1. The Hall–Kier alpha value is -2.38. The van der Waals surface area contributed by atoms with Crippen LogP contribution in [0.2, 0.25) is 5.02 Å². The first-order valence-corrected chi connectivity index (χ1v) is 8.29. The van der Waals surface area contributed by atoms with Crippen molar-refractivity contribution in [1.82, 2.24) is 14.7 Å². The first kappa shape index (κ1) is 17.4. The fraction of sp³-hybridized carbons (Fsp3) is 0.353. The molecule has 7 nitrogen and oxygen atoms in total. The SMILES string of the molecule is O=C(O)C[C@H]1CN(C(=O)c2cnn(Cc3ccccc3Cl)c2)CCO1. The topological polar surface area (TPSA) is 84.7 Å². The molecule has 1 atom stereocenters. The van der Waals surface area contributed by atoms with Crippen molar-refractivity contribution in [3.8, 4) is 0 Å². The fourth-order valence-corrected chi connectivity index (χ4v) is 2.96. The zero-order chi connectivity index (χ0) is 17.8. The van der Waals surface area contributed by atoms with Gasteiger partial charge < -0.3 is 14.7 Å². The van der Waals surface area contributed by atoms with Gasteiger partial charge in [0.15, 0.2) is 0 Å². The van der Waals surface area contributed by atoms with Gasteiger partial charge in [0.2, 0.25) is 0 Å². The number of carbonyl (C=O) groups is 2. The summed E-state index contributed by atoms with van der Waals surface area (Å²) < 4.78 is 7.05. The molecule has 0 unspecified atom stereocenters. The summed E-state index contributed by atoms with van der Waals surface area (Å²) in [7, 11) is 0. The van der Waals surface area contributed by atoms with E-state index in [2.05, 4.69) is 5.10 Å². The lowest BCUT2D eigenvalue weighted by Crippen LogP contribution is -2.46. The second-order valence-electron chi connectivity index (χ2n) is 5.86. The number of morpholine rings is 1. The number of nitrogens with zero attached hydrogens (tertiary/aromatic N) is 3. The zero-order valence-electron chi connectivity index (χ0n) is 13.5. The number of benzene rings is 1. The number of halogens is 1. The molecule has 0 aliphatic carbocycles. The highest BCUT2D eigenvalue weighted by atomic mass is 35.5. The van der Waals surface area contributed by atoms with Crippen LogP contribution in [0.4, 0.5) is 0 Å². The Bertz CT molecular complexity index is 777. The van der Waals surface area contributed by atoms with E-state index in [1.165, 1.54) is 6.20 Å². The van der Waals surface area contributed by atoms with E-state index in [0.29, 0.717) is 30.3 Å². The van der Waals surface area contributed by atoms with Crippen LogP contribution in [0, 0.1) is 0 Å². The number of aromatic nitrogens is 2. The molecule has 132 valence electrons. The summed E-state index contributed by atoms with van der Waals surface area (Å²) in [5.74, 6) is -1.11. The highest BCUT2D eigenvalue weighted by molar-refractivity contribution is 6.31.